The van der Waals surface area contributed by atoms with Crippen LogP contribution in [0.2, 0.25) is 0 Å². The van der Waals surface area contributed by atoms with E-state index in [0.29, 0.717) is 18.9 Å². The van der Waals surface area contributed by atoms with Gasteiger partial charge in [-0.05, 0) is 30.2 Å². The van der Waals surface area contributed by atoms with E-state index in [4.69, 9.17) is 4.74 Å². The van der Waals surface area contributed by atoms with Crippen LogP contribution in [-0.4, -0.2) is 22.3 Å². The fraction of sp³-hybridized carbons (Fsp3) is 0.176. The van der Waals surface area contributed by atoms with E-state index < -0.39 is 0 Å². The van der Waals surface area contributed by atoms with Crippen molar-refractivity contribution in [2.24, 2.45) is 12.1 Å². The molecule has 0 saturated carbocycles. The van der Waals surface area contributed by atoms with E-state index in [-0.39, 0.29) is 5.82 Å². The van der Waals surface area contributed by atoms with Crippen LogP contribution in [0.5, 0.6) is 0 Å². The van der Waals surface area contributed by atoms with Gasteiger partial charge in [-0.1, -0.05) is 24.3 Å². The average Bonchev–Trinajstić information content (AvgIpc) is 2.99. The van der Waals surface area contributed by atoms with Gasteiger partial charge in [-0.3, -0.25) is 10.1 Å². The third-order valence-electron chi connectivity index (χ3n) is 3.32. The van der Waals surface area contributed by atoms with E-state index in [0.717, 1.165) is 16.8 Å². The molecule has 118 valence electrons. The molecule has 5 nitrogen and oxygen atoms in total. The topological polar surface area (TPSA) is 51.4 Å². The number of aryl methyl sites for hydroxylation is 1. The van der Waals surface area contributed by atoms with Gasteiger partial charge in [0.05, 0.1) is 11.9 Å². The van der Waals surface area contributed by atoms with E-state index in [1.54, 1.807) is 23.0 Å². The van der Waals surface area contributed by atoms with Crippen LogP contribution in [0.3, 0.4) is 0 Å². The number of ether oxygens (including phenoxy) is 1. The van der Waals surface area contributed by atoms with Crippen LogP contribution in [-0.2, 0) is 18.2 Å². The first-order chi connectivity index (χ1) is 11.2. The Bertz CT molecular complexity index is 759. The van der Waals surface area contributed by atoms with Gasteiger partial charge in [-0.25, -0.2) is 4.39 Å². The zero-order chi connectivity index (χ0) is 16.1. The fourth-order valence-corrected chi connectivity index (χ4v) is 2.15. The number of rotatable bonds is 4. The molecular formula is C17H17FN4O. The predicted octanol–water partition coefficient (Wildman–Crippen LogP) is 3.04. The molecule has 1 aromatic carbocycles. The van der Waals surface area contributed by atoms with Gasteiger partial charge in [0, 0.05) is 18.8 Å². The van der Waals surface area contributed by atoms with Crippen molar-refractivity contribution in [1.82, 2.24) is 9.78 Å². The monoisotopic (exact) mass is 312 g/mol. The molecule has 1 aromatic heterocycles. The van der Waals surface area contributed by atoms with Gasteiger partial charge in [0.2, 0.25) is 5.90 Å². The van der Waals surface area contributed by atoms with Gasteiger partial charge in [-0.15, -0.1) is 5.10 Å². The Morgan fingerprint density at radius 1 is 1.39 bits per heavy atom. The maximum Gasteiger partial charge on any atom is 0.238 e. The van der Waals surface area contributed by atoms with Gasteiger partial charge < -0.3 is 4.74 Å². The lowest BCUT2D eigenvalue weighted by atomic mass is 10.1. The van der Waals surface area contributed by atoms with Crippen LogP contribution in [0, 0.1) is 5.82 Å². The van der Waals surface area contributed by atoms with E-state index in [1.165, 1.54) is 12.1 Å². The molecule has 0 aliphatic carbocycles. The molecule has 0 atom stereocenters. The van der Waals surface area contributed by atoms with Crippen LogP contribution in [0.25, 0.3) is 0 Å². The lowest BCUT2D eigenvalue weighted by molar-refractivity contribution is 0.345. The minimum Gasteiger partial charge on any atom is -0.472 e. The summed E-state index contributed by atoms with van der Waals surface area (Å²) in [5, 5.41) is 8.35. The Balaban J connectivity index is 1.72. The second-order valence-corrected chi connectivity index (χ2v) is 5.13. The summed E-state index contributed by atoms with van der Waals surface area (Å²) >= 11 is 0. The number of hydrogen-bond acceptors (Lipinski definition) is 4. The van der Waals surface area contributed by atoms with Gasteiger partial charge in [0.15, 0.2) is 0 Å². The summed E-state index contributed by atoms with van der Waals surface area (Å²) in [6.07, 6.45) is 10.1. The molecule has 0 unspecified atom stereocenters. The standard InChI is InChI=1S/C17H17FN4O/c1-22-12-16(11-19-22)20-21-17-14(3-2-10-23-17)7-4-13-5-8-15(18)9-6-13/h2-3,5-9,11-12,20H,4,10H2,1H3. The largest absolute Gasteiger partial charge is 0.472 e. The number of aromatic nitrogens is 2. The molecular weight excluding hydrogens is 295 g/mol. The van der Waals surface area contributed by atoms with Crippen LogP contribution in [0.4, 0.5) is 10.1 Å². The van der Waals surface area contributed by atoms with Crippen molar-refractivity contribution in [3.63, 3.8) is 0 Å². The third kappa shape index (κ3) is 4.06. The molecule has 0 fully saturated rings. The number of hydrogen-bond donors (Lipinski definition) is 1. The van der Waals surface area contributed by atoms with Crippen molar-refractivity contribution < 1.29 is 9.13 Å². The first-order valence-corrected chi connectivity index (χ1v) is 7.27. The van der Waals surface area contributed by atoms with Crippen LogP contribution >= 0.6 is 0 Å². The Hall–Kier alpha value is -2.89. The molecule has 3 rings (SSSR count). The molecule has 0 saturated heterocycles. The second-order valence-electron chi connectivity index (χ2n) is 5.13. The number of halogens is 1. The summed E-state index contributed by atoms with van der Waals surface area (Å²) in [5.41, 5.74) is 5.63. The minimum atomic E-state index is -0.231. The predicted molar refractivity (Wildman–Crippen MR) is 87.5 cm³/mol. The molecule has 23 heavy (non-hydrogen) atoms. The smallest absolute Gasteiger partial charge is 0.238 e. The van der Waals surface area contributed by atoms with E-state index >= 15 is 0 Å². The number of benzene rings is 1. The highest BCUT2D eigenvalue weighted by Crippen LogP contribution is 2.13. The zero-order valence-corrected chi connectivity index (χ0v) is 12.7. The summed E-state index contributed by atoms with van der Waals surface area (Å²) < 4.78 is 20.2. The van der Waals surface area contributed by atoms with Gasteiger partial charge in [0.25, 0.3) is 0 Å². The lowest BCUT2D eigenvalue weighted by Crippen LogP contribution is -2.14. The Morgan fingerprint density at radius 2 is 2.22 bits per heavy atom. The quantitative estimate of drug-likeness (QED) is 0.883. The molecule has 0 bridgehead atoms. The summed E-state index contributed by atoms with van der Waals surface area (Å²) in [6.45, 7) is 0.488. The van der Waals surface area contributed by atoms with Gasteiger partial charge in [0.1, 0.15) is 12.4 Å². The van der Waals surface area contributed by atoms with Crippen LogP contribution in [0.15, 0.2) is 65.6 Å². The van der Waals surface area contributed by atoms with Crippen LogP contribution < -0.4 is 5.43 Å². The van der Waals surface area contributed by atoms with E-state index in [2.05, 4.69) is 15.6 Å². The number of allylic oxidation sites excluding steroid dienone is 1. The molecule has 6 heteroatoms. The molecule has 0 radical (unpaired) electrons. The van der Waals surface area contributed by atoms with Gasteiger partial charge in [-0.2, -0.15) is 5.10 Å². The molecule has 2 heterocycles. The van der Waals surface area contributed by atoms with Crippen molar-refractivity contribution in [2.45, 2.75) is 6.42 Å². The number of nitrogens with zero attached hydrogens (tertiary/aromatic N) is 3. The number of anilines is 1. The van der Waals surface area contributed by atoms with Crippen LogP contribution in [0.1, 0.15) is 5.56 Å². The minimum absolute atomic E-state index is 0.231. The highest BCUT2D eigenvalue weighted by atomic mass is 19.1. The number of hydrazone groups is 1. The molecule has 1 aliphatic heterocycles. The SMILES string of the molecule is Cn1cc(NN=C2OCC=CC2=CCc2ccc(F)cc2)cn1. The molecule has 2 aromatic rings. The van der Waals surface area contributed by atoms with Crippen molar-refractivity contribution >= 4 is 11.6 Å². The highest BCUT2D eigenvalue weighted by molar-refractivity contribution is 5.97. The average molecular weight is 312 g/mol. The second kappa shape index (κ2) is 6.91. The normalized spacial score (nSPS) is 17.5. The Morgan fingerprint density at radius 3 is 2.96 bits per heavy atom. The maximum atomic E-state index is 12.9. The number of nitrogens with one attached hydrogen (secondary N) is 1. The molecule has 1 N–H and O–H groups in total. The fourth-order valence-electron chi connectivity index (χ4n) is 2.15. The van der Waals surface area contributed by atoms with Gasteiger partial charge >= 0.3 is 0 Å². The van der Waals surface area contributed by atoms with Crippen molar-refractivity contribution in [3.05, 3.63) is 71.8 Å². The summed E-state index contributed by atoms with van der Waals surface area (Å²) in [5.74, 6) is 0.295. The zero-order valence-electron chi connectivity index (χ0n) is 12.7. The molecule has 0 amide bonds. The summed E-state index contributed by atoms with van der Waals surface area (Å²) in [4.78, 5) is 0. The van der Waals surface area contributed by atoms with E-state index in [9.17, 15) is 4.39 Å². The van der Waals surface area contributed by atoms with Crippen molar-refractivity contribution in [2.75, 3.05) is 12.0 Å². The van der Waals surface area contributed by atoms with Crippen molar-refractivity contribution in [3.8, 4) is 0 Å². The summed E-state index contributed by atoms with van der Waals surface area (Å²) in [6, 6.07) is 6.45. The highest BCUT2D eigenvalue weighted by Gasteiger charge is 2.10. The summed E-state index contributed by atoms with van der Waals surface area (Å²) in [7, 11) is 1.84. The third-order valence-corrected chi connectivity index (χ3v) is 3.32. The Labute approximate surface area is 133 Å². The Kier molecular flexibility index (Phi) is 4.52. The maximum absolute atomic E-state index is 12.9. The first kappa shape index (κ1) is 15.0. The van der Waals surface area contributed by atoms with Crippen molar-refractivity contribution in [1.29, 1.82) is 0 Å². The lowest BCUT2D eigenvalue weighted by Gasteiger charge is -2.13. The molecule has 0 spiro atoms. The van der Waals surface area contributed by atoms with E-state index in [1.807, 2.05) is 31.5 Å². The first-order valence-electron chi connectivity index (χ1n) is 7.27. The molecule has 1 aliphatic rings.